The molecule has 1 amide bonds. The van der Waals surface area contributed by atoms with E-state index in [1.807, 2.05) is 60.2 Å². The van der Waals surface area contributed by atoms with Gasteiger partial charge in [-0.3, -0.25) is 4.79 Å². The number of fused-ring (bicyclic) bond motifs is 1. The summed E-state index contributed by atoms with van der Waals surface area (Å²) in [5.41, 5.74) is 2.57. The minimum atomic E-state index is -0.654. The number of hydrogen-bond acceptors (Lipinski definition) is 4. The Bertz CT molecular complexity index is 1260. The second kappa shape index (κ2) is 8.21. The lowest BCUT2D eigenvalue weighted by Crippen LogP contribution is -2.30. The van der Waals surface area contributed by atoms with Crippen LogP contribution < -0.4 is 10.9 Å². The zero-order chi connectivity index (χ0) is 21.1. The Morgan fingerprint density at radius 3 is 2.77 bits per heavy atom. The van der Waals surface area contributed by atoms with Gasteiger partial charge in [-0.25, -0.2) is 9.78 Å². The van der Waals surface area contributed by atoms with E-state index < -0.39 is 11.5 Å². The standard InChI is InChI=1S/C24H21N3O3/c1-3-5-18-6-4-7-19-14-21(24(29)30-22(18)19)23(28)26-16(2)17-8-10-20(11-9-17)27-13-12-25-15-27/h3-4,6-16H,1,5H2,2H3,(H,26,28). The predicted octanol–water partition coefficient (Wildman–Crippen LogP) is 4.20. The fourth-order valence-corrected chi connectivity index (χ4v) is 3.38. The number of aromatic nitrogens is 2. The van der Waals surface area contributed by atoms with Crippen LogP contribution in [0.1, 0.15) is 34.5 Å². The summed E-state index contributed by atoms with van der Waals surface area (Å²) in [6, 6.07) is 14.6. The molecular formula is C24H21N3O3. The van der Waals surface area contributed by atoms with Gasteiger partial charge in [0.05, 0.1) is 12.4 Å². The lowest BCUT2D eigenvalue weighted by atomic mass is 10.1. The van der Waals surface area contributed by atoms with Crippen molar-refractivity contribution < 1.29 is 9.21 Å². The smallest absolute Gasteiger partial charge is 0.349 e. The SMILES string of the molecule is C=CCc1cccc2cc(C(=O)NC(C)c3ccc(-n4ccnc4)cc3)c(=O)oc12. The van der Waals surface area contributed by atoms with Crippen molar-refractivity contribution in [1.29, 1.82) is 0 Å². The quantitative estimate of drug-likeness (QED) is 0.389. The van der Waals surface area contributed by atoms with Crippen LogP contribution in [0.4, 0.5) is 0 Å². The average Bonchev–Trinajstić information content (AvgIpc) is 3.29. The summed E-state index contributed by atoms with van der Waals surface area (Å²) < 4.78 is 7.37. The summed E-state index contributed by atoms with van der Waals surface area (Å²) in [5, 5.41) is 3.58. The maximum atomic E-state index is 12.8. The molecule has 0 aliphatic rings. The highest BCUT2D eigenvalue weighted by Crippen LogP contribution is 2.20. The van der Waals surface area contributed by atoms with Crippen LogP contribution in [0, 0.1) is 0 Å². The molecule has 0 bridgehead atoms. The van der Waals surface area contributed by atoms with E-state index >= 15 is 0 Å². The number of benzene rings is 2. The second-order valence-corrected chi connectivity index (χ2v) is 7.03. The number of hydrogen-bond donors (Lipinski definition) is 1. The molecule has 4 rings (SSSR count). The van der Waals surface area contributed by atoms with Crippen molar-refractivity contribution in [3.8, 4) is 5.69 Å². The first-order valence-electron chi connectivity index (χ1n) is 9.62. The molecule has 2 heterocycles. The summed E-state index contributed by atoms with van der Waals surface area (Å²) in [4.78, 5) is 29.3. The van der Waals surface area contributed by atoms with Gasteiger partial charge in [0.15, 0.2) is 0 Å². The fourth-order valence-electron chi connectivity index (χ4n) is 3.38. The predicted molar refractivity (Wildman–Crippen MR) is 116 cm³/mol. The third-order valence-electron chi connectivity index (χ3n) is 4.99. The van der Waals surface area contributed by atoms with E-state index in [-0.39, 0.29) is 11.6 Å². The van der Waals surface area contributed by atoms with E-state index in [1.165, 1.54) is 0 Å². The maximum Gasteiger partial charge on any atom is 0.349 e. The van der Waals surface area contributed by atoms with Gasteiger partial charge < -0.3 is 14.3 Å². The van der Waals surface area contributed by atoms with Crippen LogP contribution in [-0.4, -0.2) is 15.5 Å². The molecule has 4 aromatic rings. The van der Waals surface area contributed by atoms with Gasteiger partial charge in [0.2, 0.25) is 0 Å². The van der Waals surface area contributed by atoms with E-state index in [2.05, 4.69) is 16.9 Å². The summed E-state index contributed by atoms with van der Waals surface area (Å²) in [5.74, 6) is -0.467. The van der Waals surface area contributed by atoms with Crippen molar-refractivity contribution in [2.75, 3.05) is 0 Å². The Morgan fingerprint density at radius 2 is 2.07 bits per heavy atom. The molecule has 6 nitrogen and oxygen atoms in total. The molecule has 0 fully saturated rings. The van der Waals surface area contributed by atoms with Crippen LogP contribution >= 0.6 is 0 Å². The monoisotopic (exact) mass is 399 g/mol. The zero-order valence-corrected chi connectivity index (χ0v) is 16.5. The molecule has 2 aromatic carbocycles. The Labute approximate surface area is 173 Å². The fraction of sp³-hybridized carbons (Fsp3) is 0.125. The van der Waals surface area contributed by atoms with Gasteiger partial charge in [0.25, 0.3) is 5.91 Å². The summed E-state index contributed by atoms with van der Waals surface area (Å²) >= 11 is 0. The van der Waals surface area contributed by atoms with Crippen molar-refractivity contribution in [2.24, 2.45) is 0 Å². The third kappa shape index (κ3) is 3.80. The number of carbonyl (C=O) groups is 1. The van der Waals surface area contributed by atoms with Crippen LogP contribution in [0.15, 0.2) is 89.1 Å². The van der Waals surface area contributed by atoms with Gasteiger partial charge in [-0.1, -0.05) is 36.4 Å². The van der Waals surface area contributed by atoms with Gasteiger partial charge in [-0.2, -0.15) is 0 Å². The first-order chi connectivity index (χ1) is 14.6. The lowest BCUT2D eigenvalue weighted by Gasteiger charge is -2.15. The number of rotatable bonds is 6. The van der Waals surface area contributed by atoms with Crippen molar-refractivity contribution >= 4 is 16.9 Å². The molecule has 1 N–H and O–H groups in total. The van der Waals surface area contributed by atoms with E-state index in [0.29, 0.717) is 17.4 Å². The molecule has 0 spiro atoms. The average molecular weight is 399 g/mol. The number of allylic oxidation sites excluding steroid dienone is 1. The highest BCUT2D eigenvalue weighted by Gasteiger charge is 2.17. The molecule has 2 aromatic heterocycles. The molecule has 0 aliphatic carbocycles. The van der Waals surface area contributed by atoms with Crippen LogP contribution in [0.3, 0.4) is 0 Å². The van der Waals surface area contributed by atoms with Gasteiger partial charge >= 0.3 is 5.63 Å². The number of imidazole rings is 1. The van der Waals surface area contributed by atoms with Gasteiger partial charge in [0.1, 0.15) is 11.1 Å². The first-order valence-corrected chi connectivity index (χ1v) is 9.62. The zero-order valence-electron chi connectivity index (χ0n) is 16.5. The minimum Gasteiger partial charge on any atom is -0.422 e. The molecule has 0 saturated carbocycles. The molecule has 0 radical (unpaired) electrons. The first kappa shape index (κ1) is 19.4. The normalized spacial score (nSPS) is 11.9. The molecule has 30 heavy (non-hydrogen) atoms. The molecule has 1 atom stereocenters. The minimum absolute atomic E-state index is 0.0138. The van der Waals surface area contributed by atoms with E-state index in [1.54, 1.807) is 24.7 Å². The Hall–Kier alpha value is -3.93. The highest BCUT2D eigenvalue weighted by molar-refractivity contribution is 5.97. The van der Waals surface area contributed by atoms with Crippen molar-refractivity contribution in [2.45, 2.75) is 19.4 Å². The van der Waals surface area contributed by atoms with Crippen molar-refractivity contribution in [1.82, 2.24) is 14.9 Å². The molecule has 0 aliphatic heterocycles. The highest BCUT2D eigenvalue weighted by atomic mass is 16.4. The summed E-state index contributed by atoms with van der Waals surface area (Å²) in [7, 11) is 0. The molecule has 6 heteroatoms. The van der Waals surface area contributed by atoms with Gasteiger partial charge in [0, 0.05) is 23.5 Å². The number of nitrogens with zero attached hydrogens (tertiary/aromatic N) is 2. The maximum absolute atomic E-state index is 12.8. The topological polar surface area (TPSA) is 77.1 Å². The van der Waals surface area contributed by atoms with Crippen LogP contribution in [-0.2, 0) is 6.42 Å². The molecule has 1 unspecified atom stereocenters. The number of carbonyl (C=O) groups excluding carboxylic acids is 1. The van der Waals surface area contributed by atoms with E-state index in [4.69, 9.17) is 4.42 Å². The Morgan fingerprint density at radius 1 is 1.27 bits per heavy atom. The Balaban J connectivity index is 1.56. The van der Waals surface area contributed by atoms with Gasteiger partial charge in [-0.05, 0) is 42.7 Å². The van der Waals surface area contributed by atoms with Crippen molar-refractivity contribution in [3.05, 3.63) is 107 Å². The molecule has 0 saturated heterocycles. The van der Waals surface area contributed by atoms with Crippen LogP contribution in [0.2, 0.25) is 0 Å². The molecule has 150 valence electrons. The lowest BCUT2D eigenvalue weighted by molar-refractivity contribution is 0.0936. The van der Waals surface area contributed by atoms with E-state index in [9.17, 15) is 9.59 Å². The van der Waals surface area contributed by atoms with Crippen LogP contribution in [0.25, 0.3) is 16.7 Å². The Kier molecular flexibility index (Phi) is 5.30. The van der Waals surface area contributed by atoms with Crippen molar-refractivity contribution in [3.63, 3.8) is 0 Å². The van der Waals surface area contributed by atoms with Gasteiger partial charge in [-0.15, -0.1) is 6.58 Å². The van der Waals surface area contributed by atoms with E-state index in [0.717, 1.165) is 16.8 Å². The number of para-hydroxylation sites is 1. The third-order valence-corrected chi connectivity index (χ3v) is 4.99. The summed E-state index contributed by atoms with van der Waals surface area (Å²) in [6.45, 7) is 5.59. The largest absolute Gasteiger partial charge is 0.422 e. The number of amides is 1. The summed E-state index contributed by atoms with van der Waals surface area (Å²) in [6.07, 6.45) is 7.62. The molecular weight excluding hydrogens is 378 g/mol. The number of nitrogens with one attached hydrogen (secondary N) is 1. The second-order valence-electron chi connectivity index (χ2n) is 7.03. The van der Waals surface area contributed by atoms with Crippen LogP contribution in [0.5, 0.6) is 0 Å².